The Labute approximate surface area is 103 Å². The quantitative estimate of drug-likeness (QED) is 0.809. The van der Waals surface area contributed by atoms with Gasteiger partial charge in [0.2, 0.25) is 0 Å². The topological polar surface area (TPSA) is 41.6 Å². The molecule has 17 heavy (non-hydrogen) atoms. The van der Waals surface area contributed by atoms with Crippen molar-refractivity contribution in [1.82, 2.24) is 10.2 Å². The highest BCUT2D eigenvalue weighted by Crippen LogP contribution is 2.55. The van der Waals surface area contributed by atoms with Crippen molar-refractivity contribution in [3.8, 4) is 0 Å². The van der Waals surface area contributed by atoms with E-state index in [2.05, 4.69) is 10.2 Å². The van der Waals surface area contributed by atoms with Gasteiger partial charge in [0.1, 0.15) is 0 Å². The summed E-state index contributed by atoms with van der Waals surface area (Å²) >= 11 is 0. The first kappa shape index (κ1) is 11.3. The number of hydrogen-bond acceptors (Lipinski definition) is 2. The minimum atomic E-state index is 0.102. The zero-order chi connectivity index (χ0) is 12.0. The molecule has 0 spiro atoms. The molecule has 4 heteroatoms. The molecule has 2 aliphatic carbocycles. The van der Waals surface area contributed by atoms with Gasteiger partial charge < -0.3 is 15.0 Å². The molecule has 1 aliphatic heterocycles. The maximum atomic E-state index is 12.1. The Morgan fingerprint density at radius 3 is 2.94 bits per heavy atom. The van der Waals surface area contributed by atoms with Gasteiger partial charge in [-0.25, -0.2) is 4.79 Å². The molecule has 4 nitrogen and oxygen atoms in total. The number of likely N-dealkylation sites (tertiary alicyclic amines) is 1. The molecule has 2 saturated carbocycles. The molecule has 0 aromatic heterocycles. The minimum Gasteiger partial charge on any atom is -0.383 e. The zero-order valence-electron chi connectivity index (χ0n) is 10.7. The van der Waals surface area contributed by atoms with Crippen LogP contribution < -0.4 is 5.32 Å². The van der Waals surface area contributed by atoms with E-state index >= 15 is 0 Å². The first-order valence-corrected chi connectivity index (χ1v) is 6.76. The molecule has 1 N–H and O–H groups in total. The second kappa shape index (κ2) is 4.16. The average Bonchev–Trinajstić information content (AvgIpc) is 2.73. The van der Waals surface area contributed by atoms with E-state index in [-0.39, 0.29) is 12.1 Å². The molecular formula is C13H22N2O2. The Morgan fingerprint density at radius 2 is 2.24 bits per heavy atom. The molecule has 1 heterocycles. The van der Waals surface area contributed by atoms with Gasteiger partial charge in [0.25, 0.3) is 0 Å². The van der Waals surface area contributed by atoms with Crippen LogP contribution in [0.4, 0.5) is 4.79 Å². The Morgan fingerprint density at radius 1 is 1.47 bits per heavy atom. The Bertz CT molecular complexity index is 319. The molecule has 3 rings (SSSR count). The summed E-state index contributed by atoms with van der Waals surface area (Å²) in [4.78, 5) is 14.1. The number of carbonyl (C=O) groups is 1. The van der Waals surface area contributed by atoms with E-state index in [4.69, 9.17) is 4.74 Å². The van der Waals surface area contributed by atoms with E-state index in [1.165, 1.54) is 19.3 Å². The minimum absolute atomic E-state index is 0.102. The highest BCUT2D eigenvalue weighted by molar-refractivity contribution is 5.76. The van der Waals surface area contributed by atoms with Gasteiger partial charge in [-0.3, -0.25) is 0 Å². The monoisotopic (exact) mass is 238 g/mol. The molecule has 3 aliphatic rings. The molecule has 96 valence electrons. The number of rotatable bonds is 3. The van der Waals surface area contributed by atoms with E-state index in [1.54, 1.807) is 7.11 Å². The fraction of sp³-hybridized carbons (Fsp3) is 0.923. The van der Waals surface area contributed by atoms with Crippen LogP contribution in [0.2, 0.25) is 0 Å². The van der Waals surface area contributed by atoms with Gasteiger partial charge in [0, 0.05) is 25.6 Å². The van der Waals surface area contributed by atoms with Crippen molar-refractivity contribution in [2.45, 2.75) is 38.3 Å². The van der Waals surface area contributed by atoms with Crippen molar-refractivity contribution < 1.29 is 9.53 Å². The smallest absolute Gasteiger partial charge is 0.317 e. The number of hydrogen-bond donors (Lipinski definition) is 1. The molecule has 2 bridgehead atoms. The SMILES string of the molecule is COCC(C)NC(=O)N1CC2C3CCC(C3)C21. The maximum absolute atomic E-state index is 12.1. The van der Waals surface area contributed by atoms with Crippen LogP contribution in [0.5, 0.6) is 0 Å². The Hall–Kier alpha value is -0.770. The van der Waals surface area contributed by atoms with Crippen LogP contribution in [-0.2, 0) is 4.74 Å². The summed E-state index contributed by atoms with van der Waals surface area (Å²) in [5, 5.41) is 3.02. The van der Waals surface area contributed by atoms with Crippen molar-refractivity contribution >= 4 is 6.03 Å². The fourth-order valence-corrected chi connectivity index (χ4v) is 4.14. The molecular weight excluding hydrogens is 216 g/mol. The number of nitrogens with zero attached hydrogens (tertiary/aromatic N) is 1. The maximum Gasteiger partial charge on any atom is 0.317 e. The molecule has 0 aromatic carbocycles. The van der Waals surface area contributed by atoms with E-state index in [0.717, 1.165) is 24.3 Å². The molecule has 0 aromatic rings. The Balaban J connectivity index is 1.55. The van der Waals surface area contributed by atoms with Gasteiger partial charge in [0.15, 0.2) is 0 Å². The summed E-state index contributed by atoms with van der Waals surface area (Å²) in [6, 6.07) is 0.775. The standard InChI is InChI=1S/C13H22N2O2/c1-8(7-17-2)14-13(16)15-6-11-9-3-4-10(5-9)12(11)15/h8-12H,3-7H2,1-2H3,(H,14,16). The lowest BCUT2D eigenvalue weighted by Gasteiger charge is -2.50. The Kier molecular flexibility index (Phi) is 2.77. The molecule has 1 saturated heterocycles. The van der Waals surface area contributed by atoms with Crippen molar-refractivity contribution in [3.63, 3.8) is 0 Å². The van der Waals surface area contributed by atoms with Gasteiger partial charge in [-0.05, 0) is 38.0 Å². The van der Waals surface area contributed by atoms with Crippen molar-refractivity contribution in [2.24, 2.45) is 17.8 Å². The lowest BCUT2D eigenvalue weighted by Crippen LogP contribution is -2.64. The zero-order valence-corrected chi connectivity index (χ0v) is 10.7. The number of carbonyl (C=O) groups excluding carboxylic acids is 1. The summed E-state index contributed by atoms with van der Waals surface area (Å²) in [6.07, 6.45) is 4.11. The summed E-state index contributed by atoms with van der Waals surface area (Å²) in [5.74, 6) is 2.53. The average molecular weight is 238 g/mol. The van der Waals surface area contributed by atoms with E-state index in [1.807, 2.05) is 6.92 Å². The fourth-order valence-electron chi connectivity index (χ4n) is 4.14. The molecule has 5 atom stereocenters. The number of methoxy groups -OCH3 is 1. The number of ether oxygens (including phenoxy) is 1. The second-order valence-corrected chi connectivity index (χ2v) is 5.95. The number of amides is 2. The highest BCUT2D eigenvalue weighted by atomic mass is 16.5. The third-order valence-corrected chi connectivity index (χ3v) is 4.86. The predicted octanol–water partition coefficient (Wildman–Crippen LogP) is 1.46. The molecule has 5 unspecified atom stereocenters. The second-order valence-electron chi connectivity index (χ2n) is 5.95. The summed E-state index contributed by atoms with van der Waals surface area (Å²) in [7, 11) is 1.66. The van der Waals surface area contributed by atoms with Crippen molar-refractivity contribution in [1.29, 1.82) is 0 Å². The van der Waals surface area contributed by atoms with Crippen LogP contribution in [-0.4, -0.2) is 43.3 Å². The van der Waals surface area contributed by atoms with Gasteiger partial charge >= 0.3 is 6.03 Å². The number of nitrogens with one attached hydrogen (secondary N) is 1. The summed E-state index contributed by atoms with van der Waals surface area (Å²) in [6.45, 7) is 3.55. The predicted molar refractivity (Wildman–Crippen MR) is 64.7 cm³/mol. The highest BCUT2D eigenvalue weighted by Gasteiger charge is 2.57. The van der Waals surface area contributed by atoms with Crippen LogP contribution in [0.25, 0.3) is 0 Å². The third kappa shape index (κ3) is 1.73. The van der Waals surface area contributed by atoms with Gasteiger partial charge in [0.05, 0.1) is 12.6 Å². The summed E-state index contributed by atoms with van der Waals surface area (Å²) in [5.41, 5.74) is 0. The van der Waals surface area contributed by atoms with Crippen LogP contribution in [0.3, 0.4) is 0 Å². The van der Waals surface area contributed by atoms with Crippen LogP contribution in [0.15, 0.2) is 0 Å². The van der Waals surface area contributed by atoms with Gasteiger partial charge in [-0.2, -0.15) is 0 Å². The molecule has 0 radical (unpaired) electrons. The molecule has 3 fully saturated rings. The van der Waals surface area contributed by atoms with Gasteiger partial charge in [-0.15, -0.1) is 0 Å². The largest absolute Gasteiger partial charge is 0.383 e. The lowest BCUT2D eigenvalue weighted by molar-refractivity contribution is 0.0104. The van der Waals surface area contributed by atoms with E-state index in [9.17, 15) is 4.79 Å². The van der Waals surface area contributed by atoms with E-state index < -0.39 is 0 Å². The van der Waals surface area contributed by atoms with Crippen LogP contribution in [0, 0.1) is 17.8 Å². The van der Waals surface area contributed by atoms with Gasteiger partial charge in [-0.1, -0.05) is 0 Å². The molecule has 2 amide bonds. The number of urea groups is 1. The van der Waals surface area contributed by atoms with Crippen molar-refractivity contribution in [2.75, 3.05) is 20.3 Å². The normalized spacial score (nSPS) is 39.8. The first-order chi connectivity index (χ1) is 8.20. The van der Waals surface area contributed by atoms with Crippen LogP contribution in [0.1, 0.15) is 26.2 Å². The van der Waals surface area contributed by atoms with Crippen molar-refractivity contribution in [3.05, 3.63) is 0 Å². The summed E-state index contributed by atoms with van der Waals surface area (Å²) < 4.78 is 5.04. The van der Waals surface area contributed by atoms with Crippen LogP contribution >= 0.6 is 0 Å². The van der Waals surface area contributed by atoms with E-state index in [0.29, 0.717) is 12.6 Å². The number of fused-ring (bicyclic) bond motifs is 5. The first-order valence-electron chi connectivity index (χ1n) is 6.76. The third-order valence-electron chi connectivity index (χ3n) is 4.86. The lowest BCUT2D eigenvalue weighted by atomic mass is 9.77.